The number of likely N-dealkylation sites (tertiary alicyclic amines) is 1. The van der Waals surface area contributed by atoms with Crippen LogP contribution in [0.3, 0.4) is 0 Å². The van der Waals surface area contributed by atoms with Crippen molar-refractivity contribution >= 4 is 11.7 Å². The van der Waals surface area contributed by atoms with Crippen LogP contribution in [0.1, 0.15) is 36.5 Å². The molecule has 1 aromatic carbocycles. The molecule has 1 aliphatic rings. The fourth-order valence-corrected chi connectivity index (χ4v) is 2.34. The Kier molecular flexibility index (Phi) is 3.57. The van der Waals surface area contributed by atoms with Crippen LogP contribution in [-0.2, 0) is 4.79 Å². The number of hydrogen-bond acceptors (Lipinski definition) is 2. The zero-order valence-corrected chi connectivity index (χ0v) is 10.1. The predicted molar refractivity (Wildman–Crippen MR) is 65.8 cm³/mol. The quantitative estimate of drug-likeness (QED) is 0.783. The van der Waals surface area contributed by atoms with Crippen molar-refractivity contribution in [3.8, 4) is 0 Å². The monoisotopic (exact) mass is 231 g/mol. The van der Waals surface area contributed by atoms with Crippen LogP contribution in [0.5, 0.6) is 0 Å². The van der Waals surface area contributed by atoms with Gasteiger partial charge in [-0.25, -0.2) is 0 Å². The number of amides is 1. The van der Waals surface area contributed by atoms with E-state index in [9.17, 15) is 9.59 Å². The summed E-state index contributed by atoms with van der Waals surface area (Å²) in [6.45, 7) is 2.26. The van der Waals surface area contributed by atoms with Gasteiger partial charge in [-0.15, -0.1) is 0 Å². The molecule has 1 fully saturated rings. The Morgan fingerprint density at radius 1 is 1.18 bits per heavy atom. The molecule has 1 atom stereocenters. The second-order valence-electron chi connectivity index (χ2n) is 4.49. The fourth-order valence-electron chi connectivity index (χ4n) is 2.34. The lowest BCUT2D eigenvalue weighted by Gasteiger charge is -2.34. The van der Waals surface area contributed by atoms with E-state index in [4.69, 9.17) is 0 Å². The van der Waals surface area contributed by atoms with Crippen molar-refractivity contribution in [2.45, 2.75) is 32.2 Å². The van der Waals surface area contributed by atoms with Gasteiger partial charge >= 0.3 is 0 Å². The number of hydrogen-bond donors (Lipinski definition) is 0. The van der Waals surface area contributed by atoms with Gasteiger partial charge in [0.05, 0.1) is 6.04 Å². The van der Waals surface area contributed by atoms with Crippen LogP contribution in [0, 0.1) is 0 Å². The Morgan fingerprint density at radius 2 is 1.88 bits per heavy atom. The van der Waals surface area contributed by atoms with Crippen molar-refractivity contribution in [3.63, 3.8) is 0 Å². The molecule has 3 nitrogen and oxygen atoms in total. The zero-order chi connectivity index (χ0) is 12.3. The number of rotatable bonds is 2. The first kappa shape index (κ1) is 11.8. The summed E-state index contributed by atoms with van der Waals surface area (Å²) in [7, 11) is 0. The highest BCUT2D eigenvalue weighted by atomic mass is 16.2. The second kappa shape index (κ2) is 5.13. The van der Waals surface area contributed by atoms with E-state index in [0.29, 0.717) is 12.1 Å². The number of piperidine rings is 1. The standard InChI is InChI=1S/C14H17NO2/c1-11(16)13-9-5-6-10-15(13)14(17)12-7-3-2-4-8-12/h2-4,7-8,13H,5-6,9-10H2,1H3. The summed E-state index contributed by atoms with van der Waals surface area (Å²) >= 11 is 0. The molecule has 0 aliphatic carbocycles. The summed E-state index contributed by atoms with van der Waals surface area (Å²) in [5.74, 6) is 0.0690. The average Bonchev–Trinajstić information content (AvgIpc) is 2.39. The molecule has 0 aromatic heterocycles. The average molecular weight is 231 g/mol. The minimum Gasteiger partial charge on any atom is -0.329 e. The zero-order valence-electron chi connectivity index (χ0n) is 10.1. The minimum atomic E-state index is -0.226. The normalized spacial score (nSPS) is 20.1. The molecule has 1 unspecified atom stereocenters. The molecule has 0 N–H and O–H groups in total. The Balaban J connectivity index is 2.20. The van der Waals surface area contributed by atoms with E-state index in [0.717, 1.165) is 19.3 Å². The maximum absolute atomic E-state index is 12.3. The maximum Gasteiger partial charge on any atom is 0.254 e. The number of benzene rings is 1. The van der Waals surface area contributed by atoms with Crippen molar-refractivity contribution < 1.29 is 9.59 Å². The summed E-state index contributed by atoms with van der Waals surface area (Å²) in [4.78, 5) is 25.6. The van der Waals surface area contributed by atoms with Crippen LogP contribution >= 0.6 is 0 Å². The highest BCUT2D eigenvalue weighted by molar-refractivity contribution is 5.97. The molecule has 3 heteroatoms. The Labute approximate surface area is 101 Å². The maximum atomic E-state index is 12.3. The summed E-state index contributed by atoms with van der Waals surface area (Å²) in [6.07, 6.45) is 2.82. The molecule has 17 heavy (non-hydrogen) atoms. The number of nitrogens with zero attached hydrogens (tertiary/aromatic N) is 1. The van der Waals surface area contributed by atoms with Crippen molar-refractivity contribution in [2.75, 3.05) is 6.54 Å². The van der Waals surface area contributed by atoms with Gasteiger partial charge in [0.1, 0.15) is 0 Å². The van der Waals surface area contributed by atoms with E-state index < -0.39 is 0 Å². The van der Waals surface area contributed by atoms with Gasteiger partial charge in [0, 0.05) is 12.1 Å². The van der Waals surface area contributed by atoms with E-state index in [-0.39, 0.29) is 17.7 Å². The third-order valence-corrected chi connectivity index (χ3v) is 3.25. The lowest BCUT2D eigenvalue weighted by Crippen LogP contribution is -2.47. The Morgan fingerprint density at radius 3 is 2.53 bits per heavy atom. The third-order valence-electron chi connectivity index (χ3n) is 3.25. The van der Waals surface area contributed by atoms with Gasteiger partial charge in [-0.05, 0) is 38.3 Å². The first-order valence-electron chi connectivity index (χ1n) is 6.06. The van der Waals surface area contributed by atoms with Crippen LogP contribution in [-0.4, -0.2) is 29.2 Å². The van der Waals surface area contributed by atoms with Crippen molar-refractivity contribution in [1.82, 2.24) is 4.90 Å². The molecular formula is C14H17NO2. The molecule has 0 saturated carbocycles. The van der Waals surface area contributed by atoms with Crippen LogP contribution < -0.4 is 0 Å². The second-order valence-corrected chi connectivity index (χ2v) is 4.49. The number of carbonyl (C=O) groups excluding carboxylic acids is 2. The molecule has 1 aliphatic heterocycles. The molecule has 1 aromatic rings. The van der Waals surface area contributed by atoms with E-state index in [2.05, 4.69) is 0 Å². The van der Waals surface area contributed by atoms with E-state index in [1.54, 1.807) is 24.0 Å². The van der Waals surface area contributed by atoms with Gasteiger partial charge in [-0.2, -0.15) is 0 Å². The van der Waals surface area contributed by atoms with E-state index in [1.807, 2.05) is 18.2 Å². The lowest BCUT2D eigenvalue weighted by molar-refractivity contribution is -0.122. The predicted octanol–water partition coefficient (Wildman–Crippen LogP) is 2.27. The molecule has 0 bridgehead atoms. The van der Waals surface area contributed by atoms with Crippen molar-refractivity contribution in [1.29, 1.82) is 0 Å². The van der Waals surface area contributed by atoms with Gasteiger partial charge in [0.15, 0.2) is 5.78 Å². The van der Waals surface area contributed by atoms with Gasteiger partial charge < -0.3 is 4.90 Å². The molecule has 0 spiro atoms. The highest BCUT2D eigenvalue weighted by Crippen LogP contribution is 2.20. The largest absolute Gasteiger partial charge is 0.329 e. The van der Waals surface area contributed by atoms with Gasteiger partial charge in [0.25, 0.3) is 5.91 Å². The molecule has 1 saturated heterocycles. The molecular weight excluding hydrogens is 214 g/mol. The van der Waals surface area contributed by atoms with Crippen LogP contribution in [0.4, 0.5) is 0 Å². The molecule has 0 radical (unpaired) electrons. The minimum absolute atomic E-state index is 0.0227. The Hall–Kier alpha value is -1.64. The topological polar surface area (TPSA) is 37.4 Å². The number of Topliss-reactive ketones (excluding diaryl/α,β-unsaturated/α-hetero) is 1. The number of carbonyl (C=O) groups is 2. The van der Waals surface area contributed by atoms with Crippen LogP contribution in [0.25, 0.3) is 0 Å². The van der Waals surface area contributed by atoms with Crippen LogP contribution in [0.2, 0.25) is 0 Å². The SMILES string of the molecule is CC(=O)C1CCCCN1C(=O)c1ccccc1. The van der Waals surface area contributed by atoms with Crippen LogP contribution in [0.15, 0.2) is 30.3 Å². The van der Waals surface area contributed by atoms with E-state index >= 15 is 0 Å². The summed E-state index contributed by atoms with van der Waals surface area (Å²) in [5.41, 5.74) is 0.667. The van der Waals surface area contributed by atoms with Crippen molar-refractivity contribution in [3.05, 3.63) is 35.9 Å². The summed E-state index contributed by atoms with van der Waals surface area (Å²) in [6, 6.07) is 8.95. The summed E-state index contributed by atoms with van der Waals surface area (Å²) in [5, 5.41) is 0. The van der Waals surface area contributed by atoms with E-state index in [1.165, 1.54) is 0 Å². The smallest absolute Gasteiger partial charge is 0.254 e. The fraction of sp³-hybridized carbons (Fsp3) is 0.429. The molecule has 1 amide bonds. The first-order valence-corrected chi connectivity index (χ1v) is 6.06. The summed E-state index contributed by atoms with van der Waals surface area (Å²) < 4.78 is 0. The number of ketones is 1. The molecule has 90 valence electrons. The Bertz CT molecular complexity index is 413. The molecule has 1 heterocycles. The highest BCUT2D eigenvalue weighted by Gasteiger charge is 2.30. The van der Waals surface area contributed by atoms with Gasteiger partial charge in [-0.1, -0.05) is 18.2 Å². The van der Waals surface area contributed by atoms with Gasteiger partial charge in [-0.3, -0.25) is 9.59 Å². The van der Waals surface area contributed by atoms with Crippen molar-refractivity contribution in [2.24, 2.45) is 0 Å². The van der Waals surface area contributed by atoms with Gasteiger partial charge in [0.2, 0.25) is 0 Å². The molecule has 2 rings (SSSR count). The lowest BCUT2D eigenvalue weighted by atomic mass is 9.98. The third kappa shape index (κ3) is 2.54. The first-order chi connectivity index (χ1) is 8.20.